The Morgan fingerprint density at radius 3 is 2.66 bits per heavy atom. The molecule has 174 valence electrons. The SMILES string of the molecule is C[N+](C)(C)CCCN1C(=O)[C@@H]2[C@H](C1=O)[C@H](c1cc(-c3ccc(Cl)s3)on1)N1CCC[C@@H]21.[I-]. The summed E-state index contributed by atoms with van der Waals surface area (Å²) in [6.45, 7) is 2.30. The molecule has 3 aliphatic heterocycles. The number of carbonyl (C=O) groups is 2. The van der Waals surface area contributed by atoms with Gasteiger partial charge < -0.3 is 33.0 Å². The lowest BCUT2D eigenvalue weighted by Crippen LogP contribution is -3.00. The molecule has 3 fully saturated rings. The largest absolute Gasteiger partial charge is 1.00 e. The standard InChI is InChI=1S/C22H28ClN4O3S.HI/c1-27(2,3)11-5-10-26-21(28)18-14-6-4-9-25(14)20(19(18)22(26)29)13-12-15(30-24-13)16-7-8-17(23)31-16;/h7-8,12,14,18-20H,4-6,9-11H2,1-3H3;1H/q+1;/p-1/t14-,18-,19-,20-;/m0./s1. The van der Waals surface area contributed by atoms with Crippen LogP contribution in [0.25, 0.3) is 10.6 Å². The molecule has 0 saturated carbocycles. The van der Waals surface area contributed by atoms with Crippen LogP contribution in [0.5, 0.6) is 0 Å². The Balaban J connectivity index is 0.00000245. The van der Waals surface area contributed by atoms with Crippen molar-refractivity contribution < 1.29 is 42.6 Å². The van der Waals surface area contributed by atoms with Crippen molar-refractivity contribution in [3.05, 3.63) is 28.2 Å². The Bertz CT molecular complexity index is 1020. The van der Waals surface area contributed by atoms with Crippen molar-refractivity contribution in [3.8, 4) is 10.6 Å². The molecular formula is C22H28ClIN4O3S. The lowest BCUT2D eigenvalue weighted by atomic mass is 9.86. The van der Waals surface area contributed by atoms with Crippen LogP contribution in [-0.4, -0.2) is 78.1 Å². The molecule has 0 radical (unpaired) electrons. The highest BCUT2D eigenvalue weighted by Crippen LogP contribution is 2.53. The quantitative estimate of drug-likeness (QED) is 0.275. The highest BCUT2D eigenvalue weighted by Gasteiger charge is 2.63. The van der Waals surface area contributed by atoms with Gasteiger partial charge in [-0.15, -0.1) is 11.3 Å². The molecule has 0 N–H and O–H groups in total. The summed E-state index contributed by atoms with van der Waals surface area (Å²) in [5.74, 6) is -0.0148. The molecule has 10 heteroatoms. The summed E-state index contributed by atoms with van der Waals surface area (Å²) >= 11 is 7.51. The van der Waals surface area contributed by atoms with Crippen molar-refractivity contribution in [3.63, 3.8) is 0 Å². The molecule has 0 aromatic carbocycles. The maximum Gasteiger partial charge on any atom is 0.235 e. The molecule has 4 atom stereocenters. The minimum Gasteiger partial charge on any atom is -1.00 e. The minimum absolute atomic E-state index is 0. The van der Waals surface area contributed by atoms with Gasteiger partial charge in [-0.3, -0.25) is 19.4 Å². The van der Waals surface area contributed by atoms with Crippen LogP contribution in [0.3, 0.4) is 0 Å². The average Bonchev–Trinajstić information content (AvgIpc) is 3.47. The molecule has 0 aliphatic carbocycles. The first kappa shape index (κ1) is 24.1. The fraction of sp³-hybridized carbons (Fsp3) is 0.591. The molecule has 7 nitrogen and oxygen atoms in total. The molecule has 5 rings (SSSR count). The van der Waals surface area contributed by atoms with Crippen LogP contribution in [0.4, 0.5) is 0 Å². The van der Waals surface area contributed by atoms with Gasteiger partial charge in [0.25, 0.3) is 0 Å². The number of amides is 2. The van der Waals surface area contributed by atoms with E-state index in [-0.39, 0.29) is 59.7 Å². The van der Waals surface area contributed by atoms with Crippen molar-refractivity contribution in [2.24, 2.45) is 11.8 Å². The van der Waals surface area contributed by atoms with Crippen LogP contribution in [0, 0.1) is 11.8 Å². The van der Waals surface area contributed by atoms with E-state index < -0.39 is 0 Å². The smallest absolute Gasteiger partial charge is 0.235 e. The van der Waals surface area contributed by atoms with Gasteiger partial charge in [-0.1, -0.05) is 16.8 Å². The number of likely N-dealkylation sites (tertiary alicyclic amines) is 1. The normalized spacial score (nSPS) is 27.7. The van der Waals surface area contributed by atoms with E-state index in [1.54, 1.807) is 0 Å². The molecule has 2 amide bonds. The van der Waals surface area contributed by atoms with E-state index in [2.05, 4.69) is 31.2 Å². The zero-order chi connectivity index (χ0) is 21.9. The second-order valence-corrected chi connectivity index (χ2v) is 11.6. The summed E-state index contributed by atoms with van der Waals surface area (Å²) in [5.41, 5.74) is 0.744. The first-order chi connectivity index (χ1) is 14.7. The molecule has 32 heavy (non-hydrogen) atoms. The average molecular weight is 591 g/mol. The number of hydrogen-bond donors (Lipinski definition) is 0. The molecule has 3 aliphatic rings. The Kier molecular flexibility index (Phi) is 6.77. The first-order valence-corrected chi connectivity index (χ1v) is 12.1. The Morgan fingerprint density at radius 2 is 1.97 bits per heavy atom. The molecule has 0 bridgehead atoms. The van der Waals surface area contributed by atoms with Crippen molar-refractivity contribution in [1.82, 2.24) is 15.0 Å². The molecular weight excluding hydrogens is 563 g/mol. The number of fused-ring (bicyclic) bond motifs is 3. The summed E-state index contributed by atoms with van der Waals surface area (Å²) in [7, 11) is 6.37. The number of carbonyl (C=O) groups excluding carboxylic acids is 2. The molecule has 3 saturated heterocycles. The second-order valence-electron chi connectivity index (χ2n) is 9.86. The Morgan fingerprint density at radius 1 is 1.22 bits per heavy atom. The van der Waals surface area contributed by atoms with E-state index in [1.807, 2.05) is 18.2 Å². The minimum atomic E-state index is -0.369. The third-order valence-electron chi connectivity index (χ3n) is 6.80. The molecule has 2 aromatic heterocycles. The van der Waals surface area contributed by atoms with E-state index in [9.17, 15) is 9.59 Å². The number of aromatic nitrogens is 1. The third kappa shape index (κ3) is 4.15. The molecule has 0 spiro atoms. The summed E-state index contributed by atoms with van der Waals surface area (Å²) in [4.78, 5) is 31.5. The highest BCUT2D eigenvalue weighted by atomic mass is 127. The highest BCUT2D eigenvalue weighted by molar-refractivity contribution is 7.19. The Hall–Kier alpha value is -1.01. The lowest BCUT2D eigenvalue weighted by molar-refractivity contribution is -0.870. The molecule has 2 aromatic rings. The van der Waals surface area contributed by atoms with Gasteiger partial charge in [-0.25, -0.2) is 0 Å². The van der Waals surface area contributed by atoms with Gasteiger partial charge in [0.05, 0.1) is 54.8 Å². The van der Waals surface area contributed by atoms with Crippen molar-refractivity contribution in [1.29, 1.82) is 0 Å². The van der Waals surface area contributed by atoms with Crippen LogP contribution < -0.4 is 24.0 Å². The molecule has 0 unspecified atom stereocenters. The third-order valence-corrected chi connectivity index (χ3v) is 8.05. The van der Waals surface area contributed by atoms with E-state index >= 15 is 0 Å². The maximum atomic E-state index is 13.4. The van der Waals surface area contributed by atoms with Crippen molar-refractivity contribution in [2.75, 3.05) is 40.8 Å². The number of thiophene rings is 1. The van der Waals surface area contributed by atoms with Crippen LogP contribution in [0.1, 0.15) is 31.0 Å². The van der Waals surface area contributed by atoms with Crippen molar-refractivity contribution in [2.45, 2.75) is 31.3 Å². The van der Waals surface area contributed by atoms with Crippen LogP contribution in [0.2, 0.25) is 4.34 Å². The summed E-state index contributed by atoms with van der Waals surface area (Å²) < 4.78 is 7.13. The van der Waals surface area contributed by atoms with E-state index in [4.69, 9.17) is 16.1 Å². The number of quaternary nitrogens is 1. The predicted molar refractivity (Wildman–Crippen MR) is 119 cm³/mol. The monoisotopic (exact) mass is 590 g/mol. The maximum absolute atomic E-state index is 13.4. The number of imide groups is 1. The summed E-state index contributed by atoms with van der Waals surface area (Å²) in [5, 5.41) is 4.35. The molecule has 5 heterocycles. The number of halogens is 2. The van der Waals surface area contributed by atoms with Gasteiger partial charge in [0, 0.05) is 25.1 Å². The summed E-state index contributed by atoms with van der Waals surface area (Å²) in [6, 6.07) is 5.57. The fourth-order valence-electron chi connectivity index (χ4n) is 5.53. The van der Waals surface area contributed by atoms with Crippen LogP contribution in [-0.2, 0) is 9.59 Å². The number of nitrogens with zero attached hydrogens (tertiary/aromatic N) is 4. The zero-order valence-corrected chi connectivity index (χ0v) is 22.2. The number of hydrogen-bond acceptors (Lipinski definition) is 6. The van der Waals surface area contributed by atoms with Gasteiger partial charge in [-0.2, -0.15) is 0 Å². The predicted octanol–water partition coefficient (Wildman–Crippen LogP) is 0.277. The number of rotatable bonds is 6. The van der Waals surface area contributed by atoms with E-state index in [1.165, 1.54) is 16.2 Å². The van der Waals surface area contributed by atoms with Crippen LogP contribution >= 0.6 is 22.9 Å². The second kappa shape index (κ2) is 8.98. The van der Waals surface area contributed by atoms with Crippen LogP contribution in [0.15, 0.2) is 22.7 Å². The topological polar surface area (TPSA) is 66.7 Å². The van der Waals surface area contributed by atoms with Gasteiger partial charge in [0.2, 0.25) is 11.8 Å². The zero-order valence-electron chi connectivity index (χ0n) is 18.5. The van der Waals surface area contributed by atoms with Gasteiger partial charge >= 0.3 is 0 Å². The van der Waals surface area contributed by atoms with Crippen molar-refractivity contribution >= 4 is 34.8 Å². The summed E-state index contributed by atoms with van der Waals surface area (Å²) in [6.07, 6.45) is 2.81. The van der Waals surface area contributed by atoms with E-state index in [0.717, 1.165) is 47.4 Å². The first-order valence-electron chi connectivity index (χ1n) is 10.9. The van der Waals surface area contributed by atoms with Gasteiger partial charge in [0.1, 0.15) is 5.69 Å². The Labute approximate surface area is 214 Å². The van der Waals surface area contributed by atoms with Gasteiger partial charge in [0.15, 0.2) is 5.76 Å². The van der Waals surface area contributed by atoms with Gasteiger partial charge in [-0.05, 0) is 31.5 Å². The van der Waals surface area contributed by atoms with E-state index in [0.29, 0.717) is 16.6 Å². The lowest BCUT2D eigenvalue weighted by Gasteiger charge is -2.28. The fourth-order valence-corrected chi connectivity index (χ4v) is 6.52.